The smallest absolute Gasteiger partial charge is 0.127 e. The van der Waals surface area contributed by atoms with Gasteiger partial charge in [-0.2, -0.15) is 0 Å². The van der Waals surface area contributed by atoms with E-state index in [1.807, 2.05) is 0 Å². The van der Waals surface area contributed by atoms with E-state index in [0.29, 0.717) is 8.58 Å². The molecule has 140 valence electrons. The maximum atomic E-state index is 3.57. The lowest BCUT2D eigenvalue weighted by molar-refractivity contribution is 0.554. The summed E-state index contributed by atoms with van der Waals surface area (Å²) >= 11 is 0. The number of benzene rings is 1. The van der Waals surface area contributed by atoms with Crippen LogP contribution < -0.4 is 5.30 Å². The molecular weight excluding hydrogens is 335 g/mol. The fraction of sp³-hybridized carbons (Fsp3) is 0.652. The van der Waals surface area contributed by atoms with E-state index in [0.717, 1.165) is 0 Å². The molecule has 0 radical (unpaired) electrons. The maximum absolute atomic E-state index is 3.57. The van der Waals surface area contributed by atoms with Gasteiger partial charge in [-0.3, -0.25) is 0 Å². The van der Waals surface area contributed by atoms with Gasteiger partial charge in [0.25, 0.3) is 0 Å². The standard InChI is InChI=1S/C23H39PSi/c1-21(2,3)17-15-18(22(4,5)6)20(19(16-17)23(7,8)9)24-13-14-25(10,11)12/h15-16,24H,1-12H3. The average Bonchev–Trinajstić information content (AvgIpc) is 2.33. The van der Waals surface area contributed by atoms with Crippen molar-refractivity contribution in [1.82, 2.24) is 0 Å². The quantitative estimate of drug-likeness (QED) is 0.291. The fourth-order valence-electron chi connectivity index (χ4n) is 2.67. The van der Waals surface area contributed by atoms with Crippen molar-refractivity contribution in [3.63, 3.8) is 0 Å². The molecule has 0 saturated carbocycles. The third kappa shape index (κ3) is 6.58. The first-order valence-electron chi connectivity index (χ1n) is 9.40. The molecule has 0 amide bonds. The summed E-state index contributed by atoms with van der Waals surface area (Å²) in [6, 6.07) is 4.90. The number of hydrogen-bond donors (Lipinski definition) is 0. The Morgan fingerprint density at radius 1 is 0.720 bits per heavy atom. The van der Waals surface area contributed by atoms with Crippen LogP contribution in [0, 0.1) is 11.2 Å². The molecule has 0 aliphatic carbocycles. The zero-order valence-corrected chi connectivity index (χ0v) is 20.7. The first-order chi connectivity index (χ1) is 10.9. The van der Waals surface area contributed by atoms with Gasteiger partial charge in [-0.15, -0.1) is 5.54 Å². The van der Waals surface area contributed by atoms with Crippen molar-refractivity contribution in [2.24, 2.45) is 0 Å². The Balaban J connectivity index is 3.73. The molecule has 1 rings (SSSR count). The topological polar surface area (TPSA) is 0 Å². The summed E-state index contributed by atoms with van der Waals surface area (Å²) in [5.41, 5.74) is 12.0. The third-order valence-corrected chi connectivity index (χ3v) is 6.41. The molecule has 25 heavy (non-hydrogen) atoms. The summed E-state index contributed by atoms with van der Waals surface area (Å²) in [5, 5.41) is 1.48. The molecule has 0 bridgehead atoms. The SMILES string of the molecule is CC(C)(C)c1cc(C(C)(C)C)c(PC#C[Si](C)(C)C)c(C(C)(C)C)c1. The lowest BCUT2D eigenvalue weighted by atomic mass is 9.75. The van der Waals surface area contributed by atoms with Crippen LogP contribution in [0.1, 0.15) is 79.0 Å². The van der Waals surface area contributed by atoms with E-state index in [9.17, 15) is 0 Å². The van der Waals surface area contributed by atoms with E-state index in [2.05, 4.69) is 105 Å². The van der Waals surface area contributed by atoms with Crippen LogP contribution in [-0.2, 0) is 16.2 Å². The molecule has 0 fully saturated rings. The Labute approximate surface area is 160 Å². The monoisotopic (exact) mass is 374 g/mol. The van der Waals surface area contributed by atoms with Crippen LogP contribution in [-0.4, -0.2) is 8.07 Å². The van der Waals surface area contributed by atoms with Crippen LogP contribution in [0.2, 0.25) is 19.6 Å². The molecule has 0 spiro atoms. The first kappa shape index (κ1) is 22.5. The van der Waals surface area contributed by atoms with Crippen molar-refractivity contribution in [2.45, 2.75) is 98.2 Å². The highest BCUT2D eigenvalue weighted by Crippen LogP contribution is 2.36. The van der Waals surface area contributed by atoms with Gasteiger partial charge in [-0.25, -0.2) is 0 Å². The van der Waals surface area contributed by atoms with Crippen molar-refractivity contribution in [2.75, 3.05) is 0 Å². The lowest BCUT2D eigenvalue weighted by Gasteiger charge is -2.33. The van der Waals surface area contributed by atoms with Crippen molar-refractivity contribution < 1.29 is 0 Å². The van der Waals surface area contributed by atoms with Gasteiger partial charge in [0.15, 0.2) is 0 Å². The normalized spacial score (nSPS) is 13.9. The summed E-state index contributed by atoms with van der Waals surface area (Å²) in [4.78, 5) is 0. The highest BCUT2D eigenvalue weighted by Gasteiger charge is 2.28. The van der Waals surface area contributed by atoms with Gasteiger partial charge < -0.3 is 0 Å². The largest absolute Gasteiger partial charge is 0.129 e. The predicted octanol–water partition coefficient (Wildman–Crippen LogP) is 6.72. The first-order valence-corrected chi connectivity index (χ1v) is 13.9. The number of hydrogen-bond acceptors (Lipinski definition) is 0. The van der Waals surface area contributed by atoms with Crippen LogP contribution >= 0.6 is 8.58 Å². The second kappa shape index (κ2) is 7.21. The molecule has 0 aromatic heterocycles. The van der Waals surface area contributed by atoms with E-state index in [-0.39, 0.29) is 16.2 Å². The summed E-state index contributed by atoms with van der Waals surface area (Å²) in [6.45, 7) is 27.9. The highest BCUT2D eigenvalue weighted by atomic mass is 31.1. The Morgan fingerprint density at radius 2 is 1.12 bits per heavy atom. The predicted molar refractivity (Wildman–Crippen MR) is 122 cm³/mol. The molecule has 0 nitrogen and oxygen atoms in total. The minimum absolute atomic E-state index is 0.129. The maximum Gasteiger partial charge on any atom is 0.129 e. The minimum atomic E-state index is -1.33. The Bertz CT molecular complexity index is 639. The van der Waals surface area contributed by atoms with Crippen molar-refractivity contribution >= 4 is 22.0 Å². The van der Waals surface area contributed by atoms with Crippen LogP contribution in [0.15, 0.2) is 12.1 Å². The van der Waals surface area contributed by atoms with Gasteiger partial charge in [0, 0.05) is 0 Å². The second-order valence-electron chi connectivity index (χ2n) is 11.3. The molecule has 0 saturated heterocycles. The third-order valence-electron chi connectivity index (χ3n) is 4.25. The van der Waals surface area contributed by atoms with E-state index >= 15 is 0 Å². The van der Waals surface area contributed by atoms with Crippen LogP contribution in [0.25, 0.3) is 0 Å². The summed E-state index contributed by atoms with van der Waals surface area (Å²) in [7, 11) is -0.756. The minimum Gasteiger partial charge on any atom is -0.127 e. The van der Waals surface area contributed by atoms with Gasteiger partial charge in [0.2, 0.25) is 0 Å². The van der Waals surface area contributed by atoms with Gasteiger partial charge in [-0.05, 0) is 46.8 Å². The molecular formula is C23H39PSi. The number of rotatable bonds is 1. The van der Waals surface area contributed by atoms with Crippen molar-refractivity contribution in [1.29, 1.82) is 0 Å². The average molecular weight is 375 g/mol. The van der Waals surface area contributed by atoms with Gasteiger partial charge >= 0.3 is 0 Å². The van der Waals surface area contributed by atoms with E-state index in [1.165, 1.54) is 22.0 Å². The van der Waals surface area contributed by atoms with Gasteiger partial charge in [0.1, 0.15) is 8.07 Å². The van der Waals surface area contributed by atoms with Gasteiger partial charge in [0.05, 0.1) is 0 Å². The van der Waals surface area contributed by atoms with Crippen molar-refractivity contribution in [3.8, 4) is 11.2 Å². The molecule has 1 unspecified atom stereocenters. The summed E-state index contributed by atoms with van der Waals surface area (Å²) in [5.74, 6) is 0. The Morgan fingerprint density at radius 3 is 1.40 bits per heavy atom. The highest BCUT2D eigenvalue weighted by molar-refractivity contribution is 7.53. The van der Waals surface area contributed by atoms with Crippen molar-refractivity contribution in [3.05, 3.63) is 28.8 Å². The second-order valence-corrected chi connectivity index (χ2v) is 17.1. The summed E-state index contributed by atoms with van der Waals surface area (Å²) in [6.07, 6.45) is 0. The zero-order chi connectivity index (χ0) is 19.8. The molecule has 0 heterocycles. The fourth-order valence-corrected chi connectivity index (χ4v) is 5.71. The molecule has 1 atom stereocenters. The van der Waals surface area contributed by atoms with Crippen LogP contribution in [0.5, 0.6) is 0 Å². The van der Waals surface area contributed by atoms with E-state index in [4.69, 9.17) is 0 Å². The Hall–Kier alpha value is -0.573. The van der Waals surface area contributed by atoms with Crippen LogP contribution in [0.3, 0.4) is 0 Å². The lowest BCUT2D eigenvalue weighted by Crippen LogP contribution is -2.30. The molecule has 0 aliphatic rings. The molecule has 1 aromatic carbocycles. The van der Waals surface area contributed by atoms with Crippen LogP contribution in [0.4, 0.5) is 0 Å². The summed E-state index contributed by atoms with van der Waals surface area (Å²) < 4.78 is 0. The molecule has 0 N–H and O–H groups in total. The molecule has 1 aromatic rings. The Kier molecular flexibility index (Phi) is 6.48. The molecule has 2 heteroatoms. The molecule has 0 aliphatic heterocycles. The van der Waals surface area contributed by atoms with E-state index in [1.54, 1.807) is 0 Å². The van der Waals surface area contributed by atoms with E-state index < -0.39 is 8.07 Å². The van der Waals surface area contributed by atoms with Gasteiger partial charge in [-0.1, -0.05) is 99.7 Å². The zero-order valence-electron chi connectivity index (χ0n) is 18.7.